The summed E-state index contributed by atoms with van der Waals surface area (Å²) in [7, 11) is 0. The van der Waals surface area contributed by atoms with Crippen molar-refractivity contribution in [1.82, 2.24) is 14.1 Å². The highest BCUT2D eigenvalue weighted by atomic mass is 35.5. The highest BCUT2D eigenvalue weighted by molar-refractivity contribution is 6.30. The molecule has 1 aromatic heterocycles. The van der Waals surface area contributed by atoms with Crippen molar-refractivity contribution in [3.05, 3.63) is 79.8 Å². The van der Waals surface area contributed by atoms with Gasteiger partial charge in [0.25, 0.3) is 0 Å². The number of benzene rings is 2. The van der Waals surface area contributed by atoms with Gasteiger partial charge in [-0.3, -0.25) is 4.57 Å². The van der Waals surface area contributed by atoms with E-state index in [9.17, 15) is 19.1 Å². The third-order valence-electron chi connectivity index (χ3n) is 4.97. The molecule has 0 aliphatic carbocycles. The zero-order valence-corrected chi connectivity index (χ0v) is 20.3. The van der Waals surface area contributed by atoms with E-state index >= 15 is 0 Å². The first-order chi connectivity index (χ1) is 16.0. The molecule has 0 saturated carbocycles. The Balaban J connectivity index is 2.06. The standard InChI is InChI=1S/C24H28ClFN4O4/c1-15(2)34-20-10-9-18(11-19(20)26)27-21-28-22(32)30(13-24(3,4)14-31)23(33)29(21)12-16-5-7-17(25)8-6-16/h5-11,15,31H,12-14H2,1-4H3,(H,27,28,32). The Morgan fingerprint density at radius 3 is 2.41 bits per heavy atom. The van der Waals surface area contributed by atoms with Crippen molar-refractivity contribution in [3.63, 3.8) is 0 Å². The summed E-state index contributed by atoms with van der Waals surface area (Å²) >= 11 is 5.97. The summed E-state index contributed by atoms with van der Waals surface area (Å²) in [6.07, 6.45) is -0.199. The Morgan fingerprint density at radius 1 is 1.15 bits per heavy atom. The van der Waals surface area contributed by atoms with E-state index in [1.807, 2.05) is 0 Å². The van der Waals surface area contributed by atoms with Gasteiger partial charge in [0.1, 0.15) is 0 Å². The molecule has 3 rings (SSSR count). The number of nitrogens with one attached hydrogen (secondary N) is 1. The van der Waals surface area contributed by atoms with Crippen LogP contribution in [0.15, 0.2) is 52.1 Å². The summed E-state index contributed by atoms with van der Waals surface area (Å²) in [4.78, 5) is 30.2. The van der Waals surface area contributed by atoms with E-state index in [2.05, 4.69) is 10.3 Å². The van der Waals surface area contributed by atoms with Gasteiger partial charge in [-0.15, -0.1) is 0 Å². The molecule has 0 aliphatic rings. The van der Waals surface area contributed by atoms with E-state index in [4.69, 9.17) is 16.3 Å². The maximum Gasteiger partial charge on any atom is 0.354 e. The van der Waals surface area contributed by atoms with Gasteiger partial charge in [0.05, 0.1) is 12.6 Å². The number of ether oxygens (including phenoxy) is 1. The second kappa shape index (κ2) is 10.4. The van der Waals surface area contributed by atoms with Crippen molar-refractivity contribution in [2.45, 2.75) is 46.9 Å². The molecule has 3 aromatic rings. The molecule has 0 radical (unpaired) electrons. The number of rotatable bonds is 9. The number of aliphatic hydroxyl groups is 1. The fourth-order valence-corrected chi connectivity index (χ4v) is 3.34. The lowest BCUT2D eigenvalue weighted by atomic mass is 9.95. The summed E-state index contributed by atoms with van der Waals surface area (Å²) in [6, 6.07) is 11.1. The Bertz CT molecular complexity index is 1270. The Kier molecular flexibility index (Phi) is 7.78. The van der Waals surface area contributed by atoms with Crippen molar-refractivity contribution in [3.8, 4) is 5.75 Å². The van der Waals surface area contributed by atoms with Crippen LogP contribution in [-0.2, 0) is 13.1 Å². The van der Waals surface area contributed by atoms with Gasteiger partial charge < -0.3 is 15.2 Å². The highest BCUT2D eigenvalue weighted by Gasteiger charge is 2.22. The minimum Gasteiger partial charge on any atom is -0.488 e. The van der Waals surface area contributed by atoms with Crippen molar-refractivity contribution < 1.29 is 14.2 Å². The lowest BCUT2D eigenvalue weighted by Crippen LogP contribution is -2.45. The van der Waals surface area contributed by atoms with Crippen molar-refractivity contribution in [2.24, 2.45) is 5.41 Å². The topological polar surface area (TPSA) is 98.4 Å². The maximum atomic E-state index is 14.5. The molecule has 0 fully saturated rings. The molecule has 34 heavy (non-hydrogen) atoms. The first kappa shape index (κ1) is 25.5. The fourth-order valence-electron chi connectivity index (χ4n) is 3.21. The average molecular weight is 491 g/mol. The summed E-state index contributed by atoms with van der Waals surface area (Å²) in [6.45, 7) is 6.89. The molecule has 2 aromatic carbocycles. The second-order valence-corrected chi connectivity index (χ2v) is 9.49. The van der Waals surface area contributed by atoms with Crippen LogP contribution in [0.25, 0.3) is 0 Å². The number of hydrogen-bond acceptors (Lipinski definition) is 6. The maximum absolute atomic E-state index is 14.5. The molecule has 10 heteroatoms. The van der Waals surface area contributed by atoms with Gasteiger partial charge in [-0.1, -0.05) is 37.6 Å². The molecule has 0 aliphatic heterocycles. The minimum absolute atomic E-state index is 0.0229. The Morgan fingerprint density at radius 2 is 1.82 bits per heavy atom. The SMILES string of the molecule is CC(C)Oc1ccc(Nc2nc(=O)n(CC(C)(C)CO)c(=O)n2Cc2ccc(Cl)cc2)cc1F. The van der Waals surface area contributed by atoms with Crippen LogP contribution in [0.4, 0.5) is 16.0 Å². The Labute approximate surface area is 201 Å². The van der Waals surface area contributed by atoms with Crippen LogP contribution in [-0.4, -0.2) is 31.9 Å². The monoisotopic (exact) mass is 490 g/mol. The lowest BCUT2D eigenvalue weighted by molar-refractivity contribution is 0.137. The van der Waals surface area contributed by atoms with E-state index in [0.717, 1.165) is 10.1 Å². The first-order valence-electron chi connectivity index (χ1n) is 10.8. The van der Waals surface area contributed by atoms with Gasteiger partial charge in [-0.05, 0) is 43.7 Å². The smallest absolute Gasteiger partial charge is 0.354 e. The molecule has 0 unspecified atom stereocenters. The van der Waals surface area contributed by atoms with Crippen LogP contribution in [0.2, 0.25) is 5.02 Å². The number of nitrogens with zero attached hydrogens (tertiary/aromatic N) is 3. The number of hydrogen-bond donors (Lipinski definition) is 2. The van der Waals surface area contributed by atoms with Crippen LogP contribution < -0.4 is 21.4 Å². The van der Waals surface area contributed by atoms with Crippen LogP contribution >= 0.6 is 11.6 Å². The normalized spacial score (nSPS) is 11.6. The van der Waals surface area contributed by atoms with Gasteiger partial charge in [0, 0.05) is 35.3 Å². The number of anilines is 2. The zero-order chi connectivity index (χ0) is 25.0. The van der Waals surface area contributed by atoms with Crippen molar-refractivity contribution in [1.29, 1.82) is 0 Å². The van der Waals surface area contributed by atoms with Gasteiger partial charge in [0.2, 0.25) is 5.95 Å². The van der Waals surface area contributed by atoms with Crippen molar-refractivity contribution >= 4 is 23.2 Å². The van der Waals surface area contributed by atoms with E-state index in [1.54, 1.807) is 58.0 Å². The third kappa shape index (κ3) is 6.24. The molecule has 0 atom stereocenters. The summed E-state index contributed by atoms with van der Waals surface area (Å²) in [5, 5.41) is 13.0. The lowest BCUT2D eigenvalue weighted by Gasteiger charge is -2.23. The number of aromatic nitrogens is 3. The van der Waals surface area contributed by atoms with E-state index in [-0.39, 0.29) is 37.5 Å². The second-order valence-electron chi connectivity index (χ2n) is 9.06. The molecule has 0 saturated heterocycles. The largest absolute Gasteiger partial charge is 0.488 e. The predicted octanol–water partition coefficient (Wildman–Crippen LogP) is 3.80. The number of halogens is 2. The van der Waals surface area contributed by atoms with Gasteiger partial charge in [-0.2, -0.15) is 4.98 Å². The summed E-state index contributed by atoms with van der Waals surface area (Å²) in [5.41, 5.74) is -1.07. The molecule has 182 valence electrons. The minimum atomic E-state index is -0.776. The first-order valence-corrected chi connectivity index (χ1v) is 11.2. The molecular formula is C24H28ClFN4O4. The van der Waals surface area contributed by atoms with E-state index < -0.39 is 22.6 Å². The van der Waals surface area contributed by atoms with Crippen LogP contribution in [0, 0.1) is 11.2 Å². The molecular weight excluding hydrogens is 463 g/mol. The molecule has 2 N–H and O–H groups in total. The molecule has 1 heterocycles. The molecule has 8 nitrogen and oxygen atoms in total. The summed E-state index contributed by atoms with van der Waals surface area (Å²) in [5.74, 6) is -0.544. The molecule has 0 amide bonds. The van der Waals surface area contributed by atoms with Crippen molar-refractivity contribution in [2.75, 3.05) is 11.9 Å². The number of aliphatic hydroxyl groups excluding tert-OH is 1. The molecule has 0 bridgehead atoms. The Hall–Kier alpha value is -3.17. The summed E-state index contributed by atoms with van der Waals surface area (Å²) < 4.78 is 22.2. The average Bonchev–Trinajstić information content (AvgIpc) is 2.77. The molecule has 0 spiro atoms. The van der Waals surface area contributed by atoms with E-state index in [0.29, 0.717) is 10.7 Å². The van der Waals surface area contributed by atoms with Crippen LogP contribution in [0.3, 0.4) is 0 Å². The zero-order valence-electron chi connectivity index (χ0n) is 19.5. The van der Waals surface area contributed by atoms with Crippen LogP contribution in [0.5, 0.6) is 5.75 Å². The van der Waals surface area contributed by atoms with Crippen LogP contribution in [0.1, 0.15) is 33.3 Å². The third-order valence-corrected chi connectivity index (χ3v) is 5.22. The van der Waals surface area contributed by atoms with Gasteiger partial charge >= 0.3 is 11.4 Å². The predicted molar refractivity (Wildman–Crippen MR) is 130 cm³/mol. The van der Waals surface area contributed by atoms with Gasteiger partial charge in [0.15, 0.2) is 11.6 Å². The fraction of sp³-hybridized carbons (Fsp3) is 0.375. The van der Waals surface area contributed by atoms with Gasteiger partial charge in [-0.25, -0.2) is 18.5 Å². The quantitative estimate of drug-likeness (QED) is 0.473. The van der Waals surface area contributed by atoms with E-state index in [1.165, 1.54) is 16.7 Å². The highest BCUT2D eigenvalue weighted by Crippen LogP contribution is 2.24.